The predicted octanol–water partition coefficient (Wildman–Crippen LogP) is 8.56. The maximum atomic E-state index is 14.8. The SMILES string of the molecule is O=C1C(c2ccc(N(c3ccccc3)c3ccccc3)cc2NC(=O)c2ccc3[nH]c(=O)[nH]c3c2)=C([O-])/C1=C1/C=CC(=[N+](c2ccccc2)c2ccccc2)C=C1NC(=O)c1ccc2[nH]c(=O)[nH]c2c1. The first-order chi connectivity index (χ1) is 34.2. The van der Waals surface area contributed by atoms with Gasteiger partial charge >= 0.3 is 11.4 Å². The fourth-order valence-corrected chi connectivity index (χ4v) is 8.81. The van der Waals surface area contributed by atoms with E-state index in [9.17, 15) is 29.1 Å². The van der Waals surface area contributed by atoms with Crippen LogP contribution < -0.4 is 36.6 Å². The summed E-state index contributed by atoms with van der Waals surface area (Å²) in [6, 6.07) is 53.1. The third-order valence-electron chi connectivity index (χ3n) is 12.1. The summed E-state index contributed by atoms with van der Waals surface area (Å²) in [4.78, 5) is 80.0. The number of carbonyl (C=O) groups is 3. The third kappa shape index (κ3) is 7.92. The first-order valence-electron chi connectivity index (χ1n) is 22.2. The topological polar surface area (TPSA) is 202 Å². The van der Waals surface area contributed by atoms with Crippen molar-refractivity contribution in [3.8, 4) is 0 Å². The van der Waals surface area contributed by atoms with E-state index >= 15 is 0 Å². The summed E-state index contributed by atoms with van der Waals surface area (Å²) >= 11 is 0. The van der Waals surface area contributed by atoms with Crippen LogP contribution in [-0.4, -0.2) is 43.2 Å². The Balaban J connectivity index is 1.05. The first kappa shape index (κ1) is 42.5. The van der Waals surface area contributed by atoms with Gasteiger partial charge in [-0.1, -0.05) is 84.6 Å². The Labute approximate surface area is 397 Å². The molecule has 0 saturated carbocycles. The minimum Gasteiger partial charge on any atom is -0.871 e. The molecule has 0 bridgehead atoms. The Morgan fingerprint density at radius 3 is 1.53 bits per heavy atom. The Morgan fingerprint density at radius 2 is 1.00 bits per heavy atom. The summed E-state index contributed by atoms with van der Waals surface area (Å²) in [5.41, 5.74) is 6.39. The molecule has 2 aromatic heterocycles. The number of hydrogen-bond acceptors (Lipinski definition) is 7. The number of amides is 2. The van der Waals surface area contributed by atoms with E-state index in [0.717, 1.165) is 22.7 Å². The lowest BCUT2D eigenvalue weighted by atomic mass is 9.78. The van der Waals surface area contributed by atoms with Crippen LogP contribution in [0.4, 0.5) is 34.1 Å². The molecule has 6 N–H and O–H groups in total. The molecule has 2 aliphatic carbocycles. The monoisotopic (exact) mass is 918 g/mol. The highest BCUT2D eigenvalue weighted by Gasteiger charge is 2.35. The summed E-state index contributed by atoms with van der Waals surface area (Å²) in [6.45, 7) is 0. The number of aromatic amines is 4. The number of nitrogens with one attached hydrogen (secondary N) is 6. The van der Waals surface area contributed by atoms with E-state index in [1.807, 2.05) is 131 Å². The maximum Gasteiger partial charge on any atom is 0.323 e. The fraction of sp³-hybridized carbons (Fsp3) is 0. The van der Waals surface area contributed by atoms with Crippen LogP contribution in [0, 0.1) is 0 Å². The van der Waals surface area contributed by atoms with Gasteiger partial charge in [0.1, 0.15) is 0 Å². The van der Waals surface area contributed by atoms with Crippen molar-refractivity contribution in [2.24, 2.45) is 0 Å². The molecular weight excluding hydrogens is 881 g/mol. The molecule has 7 aromatic carbocycles. The van der Waals surface area contributed by atoms with Crippen LogP contribution in [0.5, 0.6) is 0 Å². The van der Waals surface area contributed by atoms with Gasteiger partial charge in [0.25, 0.3) is 11.8 Å². The van der Waals surface area contributed by atoms with Gasteiger partial charge in [-0.05, 0) is 78.9 Å². The van der Waals surface area contributed by atoms with Crippen molar-refractivity contribution >= 4 is 85.1 Å². The summed E-state index contributed by atoms with van der Waals surface area (Å²) in [5, 5.41) is 20.7. The quantitative estimate of drug-likeness (QED) is 0.0583. The first-order valence-corrected chi connectivity index (χ1v) is 22.2. The van der Waals surface area contributed by atoms with Crippen molar-refractivity contribution < 1.29 is 19.5 Å². The molecule has 70 heavy (non-hydrogen) atoms. The molecule has 2 amide bonds. The van der Waals surface area contributed by atoms with Gasteiger partial charge in [-0.3, -0.25) is 14.4 Å². The number of rotatable bonds is 10. The molecule has 0 atom stereocenters. The van der Waals surface area contributed by atoms with E-state index in [2.05, 4.69) is 30.6 Å². The van der Waals surface area contributed by atoms with Crippen molar-refractivity contribution in [2.75, 3.05) is 10.2 Å². The average Bonchev–Trinajstić information content (AvgIpc) is 3.96. The normalized spacial score (nSPS) is 14.4. The van der Waals surface area contributed by atoms with Gasteiger partial charge in [0.2, 0.25) is 17.1 Å². The molecule has 338 valence electrons. The van der Waals surface area contributed by atoms with Crippen molar-refractivity contribution in [3.05, 3.63) is 254 Å². The summed E-state index contributed by atoms with van der Waals surface area (Å²) < 4.78 is 1.98. The van der Waals surface area contributed by atoms with Crippen LogP contribution in [0.3, 0.4) is 0 Å². The lowest BCUT2D eigenvalue weighted by Crippen LogP contribution is -2.34. The Morgan fingerprint density at radius 1 is 0.500 bits per heavy atom. The van der Waals surface area contributed by atoms with Gasteiger partial charge in [0, 0.05) is 86.9 Å². The van der Waals surface area contributed by atoms with Gasteiger partial charge in [0.05, 0.1) is 33.5 Å². The fourth-order valence-electron chi connectivity index (χ4n) is 8.81. The van der Waals surface area contributed by atoms with E-state index < -0.39 is 34.7 Å². The van der Waals surface area contributed by atoms with E-state index in [4.69, 9.17) is 0 Å². The highest BCUT2D eigenvalue weighted by Crippen LogP contribution is 2.44. The number of Topliss-reactive ketones (excluding diaryl/α,β-unsaturated/α-hetero) is 1. The predicted molar refractivity (Wildman–Crippen MR) is 270 cm³/mol. The molecule has 0 spiro atoms. The van der Waals surface area contributed by atoms with Crippen LogP contribution in [0.1, 0.15) is 26.3 Å². The Hall–Kier alpha value is -10.1. The highest BCUT2D eigenvalue weighted by molar-refractivity contribution is 6.40. The number of carbonyl (C=O) groups excluding carboxylic acids is 3. The van der Waals surface area contributed by atoms with Crippen molar-refractivity contribution in [3.63, 3.8) is 0 Å². The number of H-pyrrole nitrogens is 4. The molecule has 9 aromatic rings. The number of anilines is 4. The minimum atomic E-state index is -0.597. The number of nitrogens with zero attached hydrogens (tertiary/aromatic N) is 2. The molecule has 14 heteroatoms. The van der Waals surface area contributed by atoms with Crippen molar-refractivity contribution in [2.45, 2.75) is 0 Å². The minimum absolute atomic E-state index is 0.161. The molecule has 11 rings (SSSR count). The Kier molecular flexibility index (Phi) is 10.7. The molecule has 0 unspecified atom stereocenters. The average molecular weight is 919 g/mol. The lowest BCUT2D eigenvalue weighted by molar-refractivity contribution is -0.297. The van der Waals surface area contributed by atoms with Crippen LogP contribution in [-0.2, 0) is 4.79 Å². The number of fused-ring (bicyclic) bond motifs is 2. The van der Waals surface area contributed by atoms with E-state index in [0.29, 0.717) is 33.5 Å². The van der Waals surface area contributed by atoms with Crippen LogP contribution in [0.15, 0.2) is 226 Å². The molecule has 0 fully saturated rings. The molecule has 14 nitrogen and oxygen atoms in total. The van der Waals surface area contributed by atoms with Crippen molar-refractivity contribution in [1.82, 2.24) is 29.8 Å². The summed E-state index contributed by atoms with van der Waals surface area (Å²) in [6.07, 6.45) is 5.14. The zero-order valence-electron chi connectivity index (χ0n) is 36.8. The highest BCUT2D eigenvalue weighted by atomic mass is 16.3. The Bertz CT molecular complexity index is 3800. The third-order valence-corrected chi connectivity index (χ3v) is 12.1. The van der Waals surface area contributed by atoms with E-state index in [1.165, 1.54) is 12.1 Å². The summed E-state index contributed by atoms with van der Waals surface area (Å²) in [5.74, 6) is -2.30. The molecule has 0 radical (unpaired) electrons. The molecule has 0 aliphatic heterocycles. The van der Waals surface area contributed by atoms with Gasteiger partial charge < -0.3 is 40.6 Å². The van der Waals surface area contributed by atoms with Crippen LogP contribution in [0.25, 0.3) is 27.6 Å². The van der Waals surface area contributed by atoms with Crippen molar-refractivity contribution in [1.29, 1.82) is 0 Å². The van der Waals surface area contributed by atoms with Gasteiger partial charge in [-0.2, -0.15) is 4.58 Å². The van der Waals surface area contributed by atoms with E-state index in [-0.39, 0.29) is 44.8 Å². The number of hydrogen-bond donors (Lipinski definition) is 6. The van der Waals surface area contributed by atoms with Gasteiger partial charge in [-0.25, -0.2) is 9.59 Å². The second-order valence-corrected chi connectivity index (χ2v) is 16.5. The molecular formula is C56H38N8O6. The number of benzene rings is 7. The number of para-hydroxylation sites is 4. The van der Waals surface area contributed by atoms with Crippen LogP contribution in [0.2, 0.25) is 0 Å². The maximum absolute atomic E-state index is 14.8. The largest absolute Gasteiger partial charge is 0.871 e. The smallest absolute Gasteiger partial charge is 0.323 e. The number of aromatic nitrogens is 4. The second-order valence-electron chi connectivity index (χ2n) is 16.5. The standard InChI is InChI=1S/C56H38N8O6/c65-51-49(41-25-23-39(63(35-13-5-1-6-14-35)36-15-7-2-8-16-36)31-45(41)57-53(67)33-21-27-43-47(29-33)61-55(69)59-43)52(66)50(51)42-26-24-40(64(37-17-9-3-10-18-37)38-19-11-4-12-20-38)32-46(42)58-54(68)34-22-28-44-48(30-34)62-56(70)60-44/h1-32H,(H6,57,58,59,60,61,62,65,66,67,68,69,70). The van der Waals surface area contributed by atoms with Gasteiger partial charge in [0.15, 0.2) is 5.78 Å². The molecule has 0 saturated heterocycles. The van der Waals surface area contributed by atoms with Crippen LogP contribution >= 0.6 is 0 Å². The lowest BCUT2D eigenvalue weighted by Gasteiger charge is -2.34. The number of ketones is 1. The molecule has 2 heterocycles. The zero-order chi connectivity index (χ0) is 47.9. The van der Waals surface area contributed by atoms with E-state index in [1.54, 1.807) is 60.7 Å². The number of allylic oxidation sites excluding steroid dienone is 5. The molecule has 2 aliphatic rings. The van der Waals surface area contributed by atoms with Gasteiger partial charge in [-0.15, -0.1) is 0 Å². The zero-order valence-corrected chi connectivity index (χ0v) is 36.8. The second kappa shape index (κ2) is 17.6. The number of imidazole rings is 2. The summed E-state index contributed by atoms with van der Waals surface area (Å²) in [7, 11) is 0.